The first-order chi connectivity index (χ1) is 15.1. The second-order valence-electron chi connectivity index (χ2n) is 6.68. The molecule has 1 aromatic carbocycles. The first-order valence-electron chi connectivity index (χ1n) is 9.66. The highest BCUT2D eigenvalue weighted by Crippen LogP contribution is 2.25. The third-order valence-corrected chi connectivity index (χ3v) is 4.50. The fourth-order valence-corrected chi connectivity index (χ4v) is 2.87. The number of ether oxygens (including phenoxy) is 3. The number of hydrogen-bond acceptors (Lipinski definition) is 7. The number of rotatable bonds is 10. The van der Waals surface area contributed by atoms with Crippen LogP contribution in [-0.4, -0.2) is 68.9 Å². The number of carbonyl (C=O) groups excluding carboxylic acids is 1. The molecule has 9 nitrogen and oxygen atoms in total. The molecule has 162 valence electrons. The van der Waals surface area contributed by atoms with Gasteiger partial charge in [-0.1, -0.05) is 12.1 Å². The Morgan fingerprint density at radius 1 is 1.26 bits per heavy atom. The lowest BCUT2D eigenvalue weighted by Crippen LogP contribution is -2.58. The van der Waals surface area contributed by atoms with E-state index < -0.39 is 0 Å². The third-order valence-electron chi connectivity index (χ3n) is 4.50. The number of aromatic nitrogens is 1. The van der Waals surface area contributed by atoms with Crippen LogP contribution in [0.5, 0.6) is 11.6 Å². The Bertz CT molecular complexity index is 939. The van der Waals surface area contributed by atoms with E-state index in [2.05, 4.69) is 33.7 Å². The second-order valence-corrected chi connectivity index (χ2v) is 6.68. The van der Waals surface area contributed by atoms with Gasteiger partial charge in [0.25, 0.3) is 0 Å². The molecule has 31 heavy (non-hydrogen) atoms. The van der Waals surface area contributed by atoms with Crippen LogP contribution in [0.1, 0.15) is 0 Å². The minimum Gasteiger partial charge on any atom is -0.491 e. The Morgan fingerprint density at radius 2 is 2.10 bits per heavy atom. The van der Waals surface area contributed by atoms with E-state index in [1.165, 1.54) is 6.20 Å². The first-order valence-corrected chi connectivity index (χ1v) is 9.66. The Balaban J connectivity index is 1.50. The van der Waals surface area contributed by atoms with Crippen molar-refractivity contribution in [3.8, 4) is 22.8 Å². The van der Waals surface area contributed by atoms with Crippen LogP contribution in [0, 0.1) is 0 Å². The van der Waals surface area contributed by atoms with Crippen molar-refractivity contribution in [1.82, 2.24) is 15.2 Å². The van der Waals surface area contributed by atoms with Crippen LogP contribution in [0.2, 0.25) is 0 Å². The number of urea groups is 1. The predicted octanol–water partition coefficient (Wildman–Crippen LogP) is 2.75. The Morgan fingerprint density at radius 3 is 2.77 bits per heavy atom. The number of pyridine rings is 1. The molecule has 0 saturated carbocycles. The van der Waals surface area contributed by atoms with Crippen molar-refractivity contribution in [1.29, 1.82) is 0 Å². The van der Waals surface area contributed by atoms with E-state index in [-0.39, 0.29) is 18.0 Å². The van der Waals surface area contributed by atoms with E-state index in [1.807, 2.05) is 36.4 Å². The van der Waals surface area contributed by atoms with Crippen molar-refractivity contribution >= 4 is 19.5 Å². The normalized spacial score (nSPS) is 13.8. The lowest BCUT2D eigenvalue weighted by atomic mass is 10.1. The number of aliphatic imine (C=N–C) groups is 2. The average molecular weight is 423 g/mol. The fraction of sp³-hybridized carbons (Fsp3) is 0.273. The van der Waals surface area contributed by atoms with Gasteiger partial charge in [-0.15, -0.1) is 0 Å². The Labute approximate surface area is 181 Å². The van der Waals surface area contributed by atoms with Gasteiger partial charge >= 0.3 is 6.03 Å². The fourth-order valence-electron chi connectivity index (χ4n) is 2.87. The van der Waals surface area contributed by atoms with Gasteiger partial charge in [0.05, 0.1) is 25.9 Å². The van der Waals surface area contributed by atoms with Crippen molar-refractivity contribution in [2.45, 2.75) is 6.10 Å². The molecule has 2 heterocycles. The molecule has 1 saturated heterocycles. The van der Waals surface area contributed by atoms with Crippen molar-refractivity contribution in [2.24, 2.45) is 9.98 Å². The summed E-state index contributed by atoms with van der Waals surface area (Å²) in [5, 5.41) is 2.60. The maximum atomic E-state index is 12.1. The molecule has 0 radical (unpaired) electrons. The number of carbonyl (C=O) groups is 1. The minimum absolute atomic E-state index is 0.122. The molecule has 3 rings (SSSR count). The van der Waals surface area contributed by atoms with Gasteiger partial charge in [0.2, 0.25) is 5.88 Å². The van der Waals surface area contributed by atoms with Gasteiger partial charge in [-0.3, -0.25) is 10.3 Å². The Hall–Kier alpha value is -3.72. The minimum atomic E-state index is -0.293. The molecule has 1 N–H and O–H groups in total. The molecule has 1 aliphatic heterocycles. The molecule has 0 unspecified atom stereocenters. The van der Waals surface area contributed by atoms with Crippen LogP contribution >= 0.6 is 0 Å². The van der Waals surface area contributed by atoms with Crippen LogP contribution in [0.15, 0.2) is 64.6 Å². The molecule has 0 spiro atoms. The van der Waals surface area contributed by atoms with E-state index in [4.69, 9.17) is 14.2 Å². The maximum Gasteiger partial charge on any atom is 0.323 e. The summed E-state index contributed by atoms with van der Waals surface area (Å²) in [5.41, 5.74) is 1.94. The van der Waals surface area contributed by atoms with E-state index in [0.717, 1.165) is 16.9 Å². The number of nitrogens with one attached hydrogen (secondary N) is 1. The van der Waals surface area contributed by atoms with E-state index >= 15 is 0 Å². The highest BCUT2D eigenvalue weighted by atomic mass is 16.5. The van der Waals surface area contributed by atoms with Crippen LogP contribution in [0.4, 0.5) is 4.79 Å². The third kappa shape index (κ3) is 6.13. The number of nitrogens with zero attached hydrogens (tertiary/aromatic N) is 4. The smallest absolute Gasteiger partial charge is 0.323 e. The molecular weight excluding hydrogens is 398 g/mol. The predicted molar refractivity (Wildman–Crippen MR) is 119 cm³/mol. The van der Waals surface area contributed by atoms with Gasteiger partial charge in [-0.2, -0.15) is 0 Å². The standard InChI is InChI=1S/C22H25N5O4/c1-23-13-20(24-2)26-22(28)27-14-19(15-27)31-21-8-7-17(12-25-21)16-5-4-6-18(11-16)30-10-9-29-3/h4-8,11-13,19H,1-2,9-10,14-15H2,3H3,(H,26,28)/b20-13+. The summed E-state index contributed by atoms with van der Waals surface area (Å²) >= 11 is 0. The van der Waals surface area contributed by atoms with Crippen LogP contribution in [-0.2, 0) is 4.74 Å². The summed E-state index contributed by atoms with van der Waals surface area (Å²) in [6, 6.07) is 11.2. The number of methoxy groups -OCH3 is 1. The summed E-state index contributed by atoms with van der Waals surface area (Å²) < 4.78 is 16.5. The summed E-state index contributed by atoms with van der Waals surface area (Å²) in [4.78, 5) is 25.3. The second kappa shape index (κ2) is 10.9. The zero-order valence-electron chi connectivity index (χ0n) is 17.4. The lowest BCUT2D eigenvalue weighted by molar-refractivity contribution is 0.0422. The van der Waals surface area contributed by atoms with Crippen molar-refractivity contribution in [3.05, 3.63) is 54.6 Å². The molecule has 1 aliphatic rings. The summed E-state index contributed by atoms with van der Waals surface area (Å²) in [6.07, 6.45) is 2.95. The quantitative estimate of drug-likeness (QED) is 0.468. The molecule has 2 amide bonds. The van der Waals surface area contributed by atoms with E-state index in [9.17, 15) is 4.79 Å². The van der Waals surface area contributed by atoms with E-state index in [1.54, 1.807) is 18.2 Å². The number of likely N-dealkylation sites (tertiary alicyclic amines) is 1. The van der Waals surface area contributed by atoms with Gasteiger partial charge in [-0.25, -0.2) is 14.8 Å². The number of amides is 2. The topological polar surface area (TPSA) is 97.6 Å². The van der Waals surface area contributed by atoms with Gasteiger partial charge in [0.15, 0.2) is 5.82 Å². The van der Waals surface area contributed by atoms with Gasteiger partial charge in [0.1, 0.15) is 18.5 Å². The van der Waals surface area contributed by atoms with Crippen LogP contribution in [0.25, 0.3) is 11.1 Å². The highest BCUT2D eigenvalue weighted by molar-refractivity contribution is 5.77. The monoisotopic (exact) mass is 423 g/mol. The first kappa shape index (κ1) is 22.0. The van der Waals surface area contributed by atoms with Crippen molar-refractivity contribution in [3.63, 3.8) is 0 Å². The van der Waals surface area contributed by atoms with E-state index in [0.29, 0.717) is 32.2 Å². The Kier molecular flexibility index (Phi) is 7.72. The zero-order chi connectivity index (χ0) is 22.1. The molecule has 2 aromatic rings. The SMILES string of the molecule is C=N/C=C(\N=C)NC(=O)N1CC(Oc2ccc(-c3cccc(OCCOC)c3)cn2)C1. The van der Waals surface area contributed by atoms with Crippen molar-refractivity contribution in [2.75, 3.05) is 33.4 Å². The van der Waals surface area contributed by atoms with Crippen molar-refractivity contribution < 1.29 is 19.0 Å². The molecule has 1 aromatic heterocycles. The number of hydrogen-bond donors (Lipinski definition) is 1. The van der Waals surface area contributed by atoms with Gasteiger partial charge in [0, 0.05) is 24.9 Å². The van der Waals surface area contributed by atoms with Crippen LogP contribution in [0.3, 0.4) is 0 Å². The van der Waals surface area contributed by atoms with Gasteiger partial charge < -0.3 is 19.1 Å². The summed E-state index contributed by atoms with van der Waals surface area (Å²) in [6.45, 7) is 8.62. The highest BCUT2D eigenvalue weighted by Gasteiger charge is 2.32. The molecule has 1 fully saturated rings. The van der Waals surface area contributed by atoms with Crippen LogP contribution < -0.4 is 14.8 Å². The molecule has 0 aliphatic carbocycles. The zero-order valence-corrected chi connectivity index (χ0v) is 17.4. The number of benzene rings is 1. The summed E-state index contributed by atoms with van der Waals surface area (Å²) in [5.74, 6) is 1.52. The maximum absolute atomic E-state index is 12.1. The lowest BCUT2D eigenvalue weighted by Gasteiger charge is -2.38. The largest absolute Gasteiger partial charge is 0.491 e. The molecule has 9 heteroatoms. The average Bonchev–Trinajstić information content (AvgIpc) is 2.76. The molecule has 0 atom stereocenters. The van der Waals surface area contributed by atoms with Gasteiger partial charge in [-0.05, 0) is 37.2 Å². The molecule has 0 bridgehead atoms. The summed E-state index contributed by atoms with van der Waals surface area (Å²) in [7, 11) is 1.64. The molecular formula is C22H25N5O4.